The van der Waals surface area contributed by atoms with Gasteiger partial charge >= 0.3 is 0 Å². The van der Waals surface area contributed by atoms with Gasteiger partial charge in [-0.05, 0) is 125 Å². The van der Waals surface area contributed by atoms with Gasteiger partial charge in [-0.25, -0.2) is 0 Å². The van der Waals surface area contributed by atoms with E-state index < -0.39 is 35.0 Å². The zero-order valence-electron chi connectivity index (χ0n) is 45.6. The average Bonchev–Trinajstić information content (AvgIpc) is 4.18. The topological polar surface area (TPSA) is 163 Å². The first-order valence-corrected chi connectivity index (χ1v) is 27.5. The lowest BCUT2D eigenvalue weighted by Gasteiger charge is -2.39. The number of benzene rings is 2. The molecule has 6 atom stereocenters. The highest BCUT2D eigenvalue weighted by Gasteiger charge is 2.44. The highest BCUT2D eigenvalue weighted by molar-refractivity contribution is 5.91. The molecule has 4 N–H and O–H groups in total. The van der Waals surface area contributed by atoms with Gasteiger partial charge in [0.2, 0.25) is 35.4 Å². The zero-order chi connectivity index (χ0) is 52.3. The van der Waals surface area contributed by atoms with Gasteiger partial charge in [-0.3, -0.25) is 28.8 Å². The van der Waals surface area contributed by atoms with Gasteiger partial charge in [-0.2, -0.15) is 0 Å². The molecule has 0 bridgehead atoms. The van der Waals surface area contributed by atoms with Crippen LogP contribution in [0, 0.1) is 10.8 Å². The van der Waals surface area contributed by atoms with Crippen LogP contribution in [0.15, 0.2) is 48.5 Å². The Morgan fingerprint density at radius 3 is 1.17 bits per heavy atom. The van der Waals surface area contributed by atoms with Crippen molar-refractivity contribution in [2.45, 2.75) is 206 Å². The highest BCUT2D eigenvalue weighted by atomic mass is 16.2. The molecule has 14 heteroatoms. The molecule has 0 radical (unpaired) electrons. The van der Waals surface area contributed by atoms with E-state index in [0.29, 0.717) is 39.0 Å². The van der Waals surface area contributed by atoms with Crippen molar-refractivity contribution in [1.82, 2.24) is 40.9 Å². The van der Waals surface area contributed by atoms with Crippen LogP contribution in [0.25, 0.3) is 0 Å². The van der Waals surface area contributed by atoms with Crippen molar-refractivity contribution in [2.75, 3.05) is 40.3 Å². The van der Waals surface area contributed by atoms with E-state index in [1.54, 1.807) is 27.9 Å². The first-order chi connectivity index (χ1) is 34.2. The Labute approximate surface area is 431 Å². The summed E-state index contributed by atoms with van der Waals surface area (Å²) in [6.07, 6.45) is 12.8. The smallest absolute Gasteiger partial charge is 0.246 e. The molecule has 14 nitrogen and oxygen atoms in total. The Kier molecular flexibility index (Phi) is 19.9. The molecule has 2 aliphatic carbocycles. The number of unbranched alkanes of at least 4 members (excludes halogenated alkanes) is 5. The number of carbonyl (C=O) groups excluding carboxylic acids is 6. The largest absolute Gasteiger partial charge is 0.342 e. The van der Waals surface area contributed by atoms with Crippen molar-refractivity contribution in [3.63, 3.8) is 0 Å². The molecule has 2 aromatic carbocycles. The summed E-state index contributed by atoms with van der Waals surface area (Å²) >= 11 is 0. The number of nitrogens with zero attached hydrogens (tertiary/aromatic N) is 4. The second kappa shape index (κ2) is 25.4. The molecule has 2 fully saturated rings. The second-order valence-corrected chi connectivity index (χ2v) is 23.7. The zero-order valence-corrected chi connectivity index (χ0v) is 45.6. The fraction of sp³-hybridized carbons (Fsp3) is 0.690. The molecule has 2 saturated heterocycles. The van der Waals surface area contributed by atoms with Crippen LogP contribution < -0.4 is 21.3 Å². The monoisotopic (exact) mass is 995 g/mol. The number of hydrogen-bond donors (Lipinski definition) is 4. The maximum absolute atomic E-state index is 14.4. The molecule has 4 aliphatic rings. The summed E-state index contributed by atoms with van der Waals surface area (Å²) in [7, 11) is 3.47. The molecule has 0 saturated carbocycles. The number of rotatable bonds is 23. The van der Waals surface area contributed by atoms with Gasteiger partial charge in [0.1, 0.15) is 12.1 Å². The van der Waals surface area contributed by atoms with E-state index in [1.165, 1.54) is 22.3 Å². The predicted octanol–water partition coefficient (Wildman–Crippen LogP) is 6.36. The van der Waals surface area contributed by atoms with Gasteiger partial charge in [0, 0.05) is 63.2 Å². The van der Waals surface area contributed by atoms with Gasteiger partial charge in [-0.1, -0.05) is 116 Å². The Morgan fingerprint density at radius 1 is 0.542 bits per heavy atom. The Bertz CT molecular complexity index is 1980. The van der Waals surface area contributed by atoms with E-state index in [9.17, 15) is 28.8 Å². The number of likely N-dealkylation sites (tertiary alicyclic amines) is 2. The number of carbonyl (C=O) groups is 6. The predicted molar refractivity (Wildman–Crippen MR) is 285 cm³/mol. The number of likely N-dealkylation sites (N-methyl/N-ethyl adjacent to an activating group) is 2. The number of fused-ring (bicyclic) bond motifs is 2. The Morgan fingerprint density at radius 2 is 0.861 bits per heavy atom. The van der Waals surface area contributed by atoms with Crippen LogP contribution >= 0.6 is 0 Å². The normalized spacial score (nSPS) is 19.9. The van der Waals surface area contributed by atoms with Crippen molar-refractivity contribution in [2.24, 2.45) is 10.8 Å². The van der Waals surface area contributed by atoms with Gasteiger partial charge in [-0.15, -0.1) is 0 Å². The minimum Gasteiger partial charge on any atom is -0.342 e. The van der Waals surface area contributed by atoms with Crippen molar-refractivity contribution < 1.29 is 28.8 Å². The van der Waals surface area contributed by atoms with Crippen LogP contribution in [0.5, 0.6) is 0 Å². The first-order valence-electron chi connectivity index (χ1n) is 27.5. The summed E-state index contributed by atoms with van der Waals surface area (Å²) in [4.78, 5) is 91.5. The van der Waals surface area contributed by atoms with Crippen molar-refractivity contribution in [3.8, 4) is 0 Å². The molecule has 72 heavy (non-hydrogen) atoms. The standard InChI is InChI=1S/C58H90N8O6/c1-39(59-9)53(69)61-51(57(3,4)5)55(71)63-31-21-27-45(63)37-65(47-33-41-23-17-18-24-42(41)34-47)49(67)29-15-13-11-12-14-16-30-50(68)66(48-35-43-25-19-20-26-44(43)36-48)38-46-28-22-32-64(46)56(72)52(58(6,7)8)62-54(70)40(2)60-10/h17-20,23-26,39-40,45-48,51-52,59-60H,11-16,21-22,27-38H2,1-10H3,(H,61,69)(H,62,70)/t39-,40-,45-,46+,51+,52+/m0/s1. The molecular weight excluding hydrogens is 905 g/mol. The quantitative estimate of drug-likeness (QED) is 0.0936. The molecule has 6 amide bonds. The molecule has 0 unspecified atom stereocenters. The van der Waals surface area contributed by atoms with Crippen molar-refractivity contribution in [3.05, 3.63) is 70.8 Å². The van der Waals surface area contributed by atoms with Crippen LogP contribution in [-0.2, 0) is 54.5 Å². The summed E-state index contributed by atoms with van der Waals surface area (Å²) in [5, 5.41) is 12.0. The lowest BCUT2D eigenvalue weighted by atomic mass is 9.85. The molecule has 0 aromatic heterocycles. The summed E-state index contributed by atoms with van der Waals surface area (Å²) in [6, 6.07) is 14.5. The van der Waals surface area contributed by atoms with Crippen LogP contribution in [0.3, 0.4) is 0 Å². The minimum absolute atomic E-state index is 0.0371. The van der Waals surface area contributed by atoms with Crippen LogP contribution in [-0.4, -0.2) is 144 Å². The average molecular weight is 995 g/mol. The summed E-state index contributed by atoms with van der Waals surface area (Å²) in [6.45, 7) is 17.7. The molecule has 2 heterocycles. The van der Waals surface area contributed by atoms with E-state index in [1.807, 2.05) is 51.3 Å². The number of nitrogens with one attached hydrogen (secondary N) is 4. The SMILES string of the molecule is CN[C@@H](C)C(=O)N[C@H](C(=O)N1CCC[C@@H]1CN(C(=O)CCCCCCCCC(=O)N(C[C@@H]1CCCN1C(=O)[C@@H](NC(=O)[C@H](C)NC)C(C)(C)C)C1Cc2ccccc2C1)C1Cc2ccccc2C1)C(C)(C)C. The van der Waals surface area contributed by atoms with Gasteiger partial charge in [0.05, 0.1) is 12.1 Å². The number of amides is 6. The summed E-state index contributed by atoms with van der Waals surface area (Å²) in [5.74, 6) is -0.300. The third kappa shape index (κ3) is 14.5. The lowest BCUT2D eigenvalue weighted by Crippen LogP contribution is -2.59. The maximum atomic E-state index is 14.4. The molecule has 2 aromatic rings. The highest BCUT2D eigenvalue weighted by Crippen LogP contribution is 2.33. The third-order valence-electron chi connectivity index (χ3n) is 16.2. The molecule has 2 aliphatic heterocycles. The Balaban J connectivity index is 1.02. The van der Waals surface area contributed by atoms with E-state index in [4.69, 9.17) is 0 Å². The first kappa shape index (κ1) is 56.5. The van der Waals surface area contributed by atoms with E-state index in [-0.39, 0.29) is 59.6 Å². The second-order valence-electron chi connectivity index (χ2n) is 23.7. The third-order valence-corrected chi connectivity index (χ3v) is 16.2. The summed E-state index contributed by atoms with van der Waals surface area (Å²) in [5.41, 5.74) is 4.13. The maximum Gasteiger partial charge on any atom is 0.246 e. The van der Waals surface area contributed by atoms with Crippen molar-refractivity contribution >= 4 is 35.4 Å². The fourth-order valence-electron chi connectivity index (χ4n) is 11.5. The van der Waals surface area contributed by atoms with E-state index in [2.05, 4.69) is 79.6 Å². The summed E-state index contributed by atoms with van der Waals surface area (Å²) < 4.78 is 0. The van der Waals surface area contributed by atoms with E-state index in [0.717, 1.165) is 89.9 Å². The molecular formula is C58H90N8O6. The van der Waals surface area contributed by atoms with Gasteiger partial charge in [0.15, 0.2) is 0 Å². The fourth-order valence-corrected chi connectivity index (χ4v) is 11.5. The van der Waals surface area contributed by atoms with Crippen LogP contribution in [0.1, 0.15) is 155 Å². The van der Waals surface area contributed by atoms with Crippen LogP contribution in [0.4, 0.5) is 0 Å². The van der Waals surface area contributed by atoms with Crippen LogP contribution in [0.2, 0.25) is 0 Å². The minimum atomic E-state index is -0.690. The molecule has 398 valence electrons. The van der Waals surface area contributed by atoms with Gasteiger partial charge in [0.25, 0.3) is 0 Å². The van der Waals surface area contributed by atoms with E-state index >= 15 is 0 Å². The van der Waals surface area contributed by atoms with Gasteiger partial charge < -0.3 is 40.9 Å². The molecule has 6 rings (SSSR count). The molecule has 0 spiro atoms. The number of hydrogen-bond acceptors (Lipinski definition) is 8. The Hall–Kier alpha value is -4.82. The lowest BCUT2D eigenvalue weighted by molar-refractivity contribution is -0.142. The van der Waals surface area contributed by atoms with Crippen molar-refractivity contribution in [1.29, 1.82) is 0 Å².